The molecule has 5 nitrogen and oxygen atoms in total. The Hall–Kier alpha value is -4.84. The summed E-state index contributed by atoms with van der Waals surface area (Å²) in [4.78, 5) is 4.94. The predicted molar refractivity (Wildman–Crippen MR) is 280 cm³/mol. The van der Waals surface area contributed by atoms with Crippen LogP contribution in [0.25, 0.3) is 12.2 Å². The molecule has 0 aliphatic carbocycles. The molecule has 0 bridgehead atoms. The van der Waals surface area contributed by atoms with Gasteiger partial charge in [-0.25, -0.2) is 17.6 Å². The third-order valence-corrected chi connectivity index (χ3v) is 11.9. The quantitative estimate of drug-likeness (QED) is 0.107. The molecule has 360 valence electrons. The summed E-state index contributed by atoms with van der Waals surface area (Å²) >= 11 is 0. The Kier molecular flexibility index (Phi) is 26.6. The van der Waals surface area contributed by atoms with E-state index in [1.165, 1.54) is 59.7 Å². The highest BCUT2D eigenvalue weighted by Crippen LogP contribution is 2.36. The molecule has 0 saturated carbocycles. The van der Waals surface area contributed by atoms with Gasteiger partial charge in [0.1, 0.15) is 23.3 Å². The second kappa shape index (κ2) is 30.5. The van der Waals surface area contributed by atoms with Crippen molar-refractivity contribution in [2.45, 2.75) is 37.8 Å². The zero-order valence-electron chi connectivity index (χ0n) is 37.2. The van der Waals surface area contributed by atoms with Gasteiger partial charge in [-0.1, -0.05) is 109 Å². The van der Waals surface area contributed by atoms with Gasteiger partial charge in [0, 0.05) is 24.5 Å². The van der Waals surface area contributed by atoms with Gasteiger partial charge in [-0.15, -0.1) is 49.6 Å². The molecule has 2 fully saturated rings. The molecular weight excluding hydrogens is 938 g/mol. The van der Waals surface area contributed by atoms with E-state index in [1.54, 1.807) is 24.3 Å². The Labute approximate surface area is 418 Å². The van der Waals surface area contributed by atoms with Crippen molar-refractivity contribution < 1.29 is 23.0 Å². The van der Waals surface area contributed by atoms with Crippen molar-refractivity contribution >= 4 is 73.2 Å². The maximum atomic E-state index is 13.5. The normalized spacial score (nSPS) is 15.2. The summed E-state index contributed by atoms with van der Waals surface area (Å²) in [6, 6.07) is 47.2. The van der Waals surface area contributed by atoms with Crippen LogP contribution in [0.4, 0.5) is 28.9 Å². The van der Waals surface area contributed by atoms with E-state index < -0.39 is 0 Å². The first-order valence-corrected chi connectivity index (χ1v) is 21.8. The number of hydrogen-bond acceptors (Lipinski definition) is 4. The van der Waals surface area contributed by atoms with Gasteiger partial charge in [0.05, 0.1) is 12.1 Å². The molecule has 4 N–H and O–H groups in total. The number of benzene rings is 6. The zero-order chi connectivity index (χ0) is 42.9. The number of nitrogens with zero attached hydrogens (tertiary/aromatic N) is 2. The maximum Gasteiger partial charge on any atom is 0.123 e. The summed E-state index contributed by atoms with van der Waals surface area (Å²) in [5.41, 5.74) is 6.32. The van der Waals surface area contributed by atoms with E-state index in [4.69, 9.17) is 0 Å². The fraction of sp³-hybridized carbons (Fsp3) is 0.259. The fourth-order valence-corrected chi connectivity index (χ4v) is 8.48. The van der Waals surface area contributed by atoms with Gasteiger partial charge < -0.3 is 16.1 Å². The Bertz CT molecular complexity index is 2110. The maximum absolute atomic E-state index is 13.5. The van der Waals surface area contributed by atoms with Crippen LogP contribution in [0, 0.1) is 35.1 Å². The number of likely N-dealkylation sites (tertiary alicyclic amines) is 2. The molecular formula is C54H62Cl4F4N4O. The van der Waals surface area contributed by atoms with Crippen LogP contribution >= 0.6 is 49.6 Å². The van der Waals surface area contributed by atoms with Crippen molar-refractivity contribution in [3.8, 4) is 0 Å². The van der Waals surface area contributed by atoms with Crippen LogP contribution in [0.5, 0.6) is 0 Å². The molecule has 0 amide bonds. The van der Waals surface area contributed by atoms with E-state index in [9.17, 15) is 17.6 Å². The third-order valence-electron chi connectivity index (χ3n) is 11.9. The Balaban J connectivity index is 0.000000428. The van der Waals surface area contributed by atoms with E-state index in [0.29, 0.717) is 11.8 Å². The Morgan fingerprint density at radius 1 is 0.418 bits per heavy atom. The Morgan fingerprint density at radius 2 is 0.701 bits per heavy atom. The van der Waals surface area contributed by atoms with Gasteiger partial charge in [0.15, 0.2) is 0 Å². The first kappa shape index (κ1) is 58.3. The summed E-state index contributed by atoms with van der Waals surface area (Å²) in [5.74, 6) is -0.121. The van der Waals surface area contributed by atoms with Gasteiger partial charge in [-0.2, -0.15) is 0 Å². The highest BCUT2D eigenvalue weighted by atomic mass is 35.5. The second-order valence-corrected chi connectivity index (χ2v) is 16.3. The molecule has 6 aromatic carbocycles. The van der Waals surface area contributed by atoms with Gasteiger partial charge in [0.25, 0.3) is 0 Å². The van der Waals surface area contributed by atoms with Crippen LogP contribution < -0.4 is 10.6 Å². The Morgan fingerprint density at radius 3 is 1.00 bits per heavy atom. The average molecular weight is 1000 g/mol. The van der Waals surface area contributed by atoms with E-state index in [0.717, 1.165) is 87.5 Å². The summed E-state index contributed by atoms with van der Waals surface area (Å²) < 4.78 is 53.6. The highest BCUT2D eigenvalue weighted by molar-refractivity contribution is 5.86. The standard InChI is InChI=1S/2C27H28F2N2.4ClH.H2O/c2*28-24-10-8-22(9-11-24)27(30-26-14-12-25(29)13-15-26)23-16-19-31(20-17-23)18-4-7-21-5-2-1-3-6-21;;;;;/h2*1-15,23,27,30H,16-20H2;4*1H;1H2. The second-order valence-electron chi connectivity index (χ2n) is 16.3. The molecule has 0 aromatic heterocycles. The topological polar surface area (TPSA) is 62.0 Å². The largest absolute Gasteiger partial charge is 0.412 e. The van der Waals surface area contributed by atoms with E-state index in [-0.39, 0.29) is 90.5 Å². The molecule has 2 atom stereocenters. The lowest BCUT2D eigenvalue weighted by molar-refractivity contribution is 0.188. The summed E-state index contributed by atoms with van der Waals surface area (Å²) in [5, 5.41) is 7.14. The zero-order valence-corrected chi connectivity index (χ0v) is 40.5. The van der Waals surface area contributed by atoms with E-state index in [1.807, 2.05) is 36.4 Å². The fourth-order valence-electron chi connectivity index (χ4n) is 8.48. The van der Waals surface area contributed by atoms with Gasteiger partial charge >= 0.3 is 0 Å². The SMILES string of the molecule is Cl.Cl.Cl.Cl.Fc1ccc(NC(c2ccc(F)cc2)C2CCN(CC=Cc3ccccc3)CC2)cc1.Fc1ccc(NC(c2ccc(F)cc2)C2CCN(CC=Cc3ccccc3)CC2)cc1.O. The highest BCUT2D eigenvalue weighted by Gasteiger charge is 2.29. The minimum absolute atomic E-state index is 0. The minimum atomic E-state index is -0.249. The lowest BCUT2D eigenvalue weighted by atomic mass is 9.85. The number of rotatable bonds is 14. The van der Waals surface area contributed by atoms with E-state index >= 15 is 0 Å². The van der Waals surface area contributed by atoms with Gasteiger partial charge in [0.2, 0.25) is 0 Å². The van der Waals surface area contributed by atoms with Crippen molar-refractivity contribution in [1.29, 1.82) is 0 Å². The van der Waals surface area contributed by atoms with Crippen LogP contribution in [0.1, 0.15) is 60.0 Å². The molecule has 67 heavy (non-hydrogen) atoms. The van der Waals surface area contributed by atoms with Crippen LogP contribution in [0.3, 0.4) is 0 Å². The van der Waals surface area contributed by atoms with Crippen molar-refractivity contribution in [2.75, 3.05) is 49.9 Å². The minimum Gasteiger partial charge on any atom is -0.412 e. The molecule has 2 heterocycles. The van der Waals surface area contributed by atoms with Crippen molar-refractivity contribution in [3.05, 3.63) is 215 Å². The molecule has 2 aliphatic heterocycles. The summed E-state index contributed by atoms with van der Waals surface area (Å²) in [6.45, 7) is 5.96. The first-order chi connectivity index (χ1) is 30.3. The van der Waals surface area contributed by atoms with Crippen molar-refractivity contribution in [1.82, 2.24) is 9.80 Å². The van der Waals surface area contributed by atoms with Crippen LogP contribution in [0.15, 0.2) is 170 Å². The van der Waals surface area contributed by atoms with Crippen LogP contribution in [-0.2, 0) is 0 Å². The molecule has 0 radical (unpaired) electrons. The monoisotopic (exact) mass is 998 g/mol. The number of anilines is 2. The number of halogens is 8. The summed E-state index contributed by atoms with van der Waals surface area (Å²) in [6.07, 6.45) is 13.0. The molecule has 0 spiro atoms. The molecule has 2 saturated heterocycles. The van der Waals surface area contributed by atoms with E-state index in [2.05, 4.69) is 93.3 Å². The van der Waals surface area contributed by atoms with Gasteiger partial charge in [-0.3, -0.25) is 9.80 Å². The van der Waals surface area contributed by atoms with Crippen molar-refractivity contribution in [2.24, 2.45) is 11.8 Å². The summed E-state index contributed by atoms with van der Waals surface area (Å²) in [7, 11) is 0. The molecule has 13 heteroatoms. The number of hydrogen-bond donors (Lipinski definition) is 2. The van der Waals surface area contributed by atoms with Crippen LogP contribution in [0.2, 0.25) is 0 Å². The molecule has 2 aliphatic rings. The lowest BCUT2D eigenvalue weighted by Crippen LogP contribution is -2.37. The smallest absolute Gasteiger partial charge is 0.123 e. The molecule has 8 rings (SSSR count). The molecule has 6 aromatic rings. The average Bonchev–Trinajstić information content (AvgIpc) is 3.31. The number of nitrogens with one attached hydrogen (secondary N) is 2. The van der Waals surface area contributed by atoms with Crippen molar-refractivity contribution in [3.63, 3.8) is 0 Å². The number of piperidine rings is 2. The predicted octanol–water partition coefficient (Wildman–Crippen LogP) is 13.9. The van der Waals surface area contributed by atoms with Gasteiger partial charge in [-0.05, 0) is 159 Å². The van der Waals surface area contributed by atoms with Crippen LogP contribution in [-0.4, -0.2) is 54.5 Å². The third kappa shape index (κ3) is 18.6. The lowest BCUT2D eigenvalue weighted by Gasteiger charge is -2.36. The first-order valence-electron chi connectivity index (χ1n) is 21.8. The molecule has 2 unspecified atom stereocenters.